The van der Waals surface area contributed by atoms with Crippen LogP contribution in [0, 0.1) is 6.92 Å². The number of rotatable bonds is 14. The molecule has 11 atom stereocenters. The number of hydrogen-bond acceptors (Lipinski definition) is 19. The summed E-state index contributed by atoms with van der Waals surface area (Å²) >= 11 is 0. The Hall–Kier alpha value is -3.33. The van der Waals surface area contributed by atoms with Gasteiger partial charge in [0.15, 0.2) is 23.7 Å². The average Bonchev–Trinajstić information content (AvgIpc) is 3.79. The van der Waals surface area contributed by atoms with Crippen LogP contribution in [0.15, 0.2) is 22.2 Å². The van der Waals surface area contributed by atoms with Crippen LogP contribution in [-0.2, 0) is 57.4 Å². The van der Waals surface area contributed by atoms with Crippen molar-refractivity contribution in [3.8, 4) is 0 Å². The van der Waals surface area contributed by atoms with Crippen molar-refractivity contribution in [2.45, 2.75) is 56.0 Å². The molecule has 27 nitrogen and oxygen atoms in total. The Balaban J connectivity index is 1.07. The van der Waals surface area contributed by atoms with Gasteiger partial charge >= 0.3 is 29.1 Å². The number of aromatic nitrogens is 8. The molecule has 298 valence electrons. The standard InChI is InChI=1S/C24H34N9O18P3/c1-9-27-18-12(20(36)28-9)26-7-32(18)22-14(34)16(44-3)10(48-22)5-46-52(38,39)50-54(42,43)51-53(40,41)47-6-11-17(45-4)15(35)23(49-11)33-8-31(2)13-19(33)29-24(25)30-21(13)37/h7-8,10-11,14-17,22-23,34-35H,5-6H2,1-4H3,(H6-,25,27,28,29,30,36,37,38,39,40,41,42,43)/p+1/t10-,11-,14+,15?,16?,17+,22-,23-/m1/s1. The first-order chi connectivity index (χ1) is 25.2. The van der Waals surface area contributed by atoms with Crippen LogP contribution in [0.4, 0.5) is 5.95 Å². The quantitative estimate of drug-likeness (QED) is 0.0480. The molecule has 0 bridgehead atoms. The summed E-state index contributed by atoms with van der Waals surface area (Å²) in [6.45, 7) is -0.331. The summed E-state index contributed by atoms with van der Waals surface area (Å²) in [5, 5.41) is 21.8. The second kappa shape index (κ2) is 15.0. The summed E-state index contributed by atoms with van der Waals surface area (Å²) in [5.41, 5.74) is 4.57. The molecule has 2 aliphatic rings. The lowest BCUT2D eigenvalue weighted by Gasteiger charge is -2.22. The van der Waals surface area contributed by atoms with Crippen LogP contribution in [0.5, 0.6) is 0 Å². The second-order valence-corrected chi connectivity index (χ2v) is 16.5. The summed E-state index contributed by atoms with van der Waals surface area (Å²) in [4.78, 5) is 72.2. The van der Waals surface area contributed by atoms with Crippen molar-refractivity contribution >= 4 is 51.7 Å². The van der Waals surface area contributed by atoms with Crippen molar-refractivity contribution < 1.29 is 79.8 Å². The van der Waals surface area contributed by atoms with Gasteiger partial charge in [-0.15, -0.1) is 0 Å². The van der Waals surface area contributed by atoms with Gasteiger partial charge in [-0.2, -0.15) is 8.62 Å². The number of aliphatic hydroxyl groups is 2. The molecule has 0 amide bonds. The van der Waals surface area contributed by atoms with E-state index in [1.165, 1.54) is 54.5 Å². The van der Waals surface area contributed by atoms with E-state index in [4.69, 9.17) is 33.7 Å². The number of fused-ring (bicyclic) bond motifs is 2. The summed E-state index contributed by atoms with van der Waals surface area (Å²) in [6.07, 6.45) is -8.23. The number of nitrogens with two attached hydrogens (primary N) is 1. The number of ether oxygens (including phenoxy) is 4. The van der Waals surface area contributed by atoms with Crippen LogP contribution in [-0.4, -0.2) is 123 Å². The van der Waals surface area contributed by atoms with Crippen molar-refractivity contribution in [3.05, 3.63) is 39.2 Å². The van der Waals surface area contributed by atoms with Crippen LogP contribution in [0.1, 0.15) is 18.3 Å². The monoisotopic (exact) mass is 830 g/mol. The van der Waals surface area contributed by atoms with Crippen LogP contribution in [0.3, 0.4) is 0 Å². The smallest absolute Gasteiger partial charge is 0.386 e. The SMILES string of the molecule is COC1[C@@H](COP(=O)(O)OP(=O)(O)OP(=O)(O)OC[C@H]2O[C@@H]([n+]3cn(C)c4c(=O)[nH]c(N)nc43)C(O)[C@H]2OC)O[C@@H](n2cnc3c(=O)[nH]c(C)nc32)[C@H]1O. The topological polar surface area (TPSA) is 370 Å². The Morgan fingerprint density at radius 2 is 1.50 bits per heavy atom. The van der Waals surface area contributed by atoms with E-state index in [0.29, 0.717) is 0 Å². The van der Waals surface area contributed by atoms with Crippen LogP contribution < -0.4 is 21.4 Å². The molecule has 4 aromatic heterocycles. The van der Waals surface area contributed by atoms with Gasteiger partial charge in [0, 0.05) is 14.2 Å². The first-order valence-corrected chi connectivity index (χ1v) is 19.9. The lowest BCUT2D eigenvalue weighted by atomic mass is 10.1. The molecule has 0 aromatic carbocycles. The molecule has 0 spiro atoms. The van der Waals surface area contributed by atoms with E-state index in [9.17, 15) is 48.2 Å². The number of hydrogen-bond donors (Lipinski definition) is 8. The van der Waals surface area contributed by atoms with Gasteiger partial charge in [0.05, 0.1) is 26.6 Å². The van der Waals surface area contributed by atoms with E-state index in [1.807, 2.05) is 0 Å². The molecular formula is C24H35N9O18P3+. The summed E-state index contributed by atoms with van der Waals surface area (Å²) < 4.78 is 81.7. The molecule has 5 unspecified atom stereocenters. The maximum atomic E-state index is 12.7. The number of anilines is 1. The largest absolute Gasteiger partial charge is 0.490 e. The maximum absolute atomic E-state index is 12.7. The van der Waals surface area contributed by atoms with Gasteiger partial charge in [-0.3, -0.25) is 32.8 Å². The number of aromatic amines is 2. The zero-order valence-corrected chi connectivity index (χ0v) is 31.0. The Morgan fingerprint density at radius 3 is 2.11 bits per heavy atom. The molecule has 2 fully saturated rings. The summed E-state index contributed by atoms with van der Waals surface area (Å²) in [7, 11) is -13.3. The van der Waals surface area contributed by atoms with Gasteiger partial charge in [0.25, 0.3) is 17.1 Å². The third-order valence-electron chi connectivity index (χ3n) is 8.27. The van der Waals surface area contributed by atoms with Crippen molar-refractivity contribution in [3.63, 3.8) is 0 Å². The van der Waals surface area contributed by atoms with E-state index in [2.05, 4.69) is 33.5 Å². The van der Waals surface area contributed by atoms with E-state index in [-0.39, 0.29) is 34.1 Å². The number of nitrogens with one attached hydrogen (secondary N) is 2. The van der Waals surface area contributed by atoms with Gasteiger partial charge in [-0.1, -0.05) is 4.98 Å². The number of nitrogen functional groups attached to an aromatic ring is 1. The van der Waals surface area contributed by atoms with Crippen LogP contribution in [0.2, 0.25) is 0 Å². The van der Waals surface area contributed by atoms with Crippen molar-refractivity contribution in [1.82, 2.24) is 34.1 Å². The lowest BCUT2D eigenvalue weighted by molar-refractivity contribution is -0.745. The molecule has 54 heavy (non-hydrogen) atoms. The predicted octanol–water partition coefficient (Wildman–Crippen LogP) is -2.51. The number of H-pyrrole nitrogens is 2. The number of methoxy groups -OCH3 is 2. The van der Waals surface area contributed by atoms with E-state index < -0.39 is 96.9 Å². The molecule has 0 radical (unpaired) electrons. The first kappa shape index (κ1) is 40.3. The van der Waals surface area contributed by atoms with E-state index >= 15 is 0 Å². The molecule has 6 heterocycles. The van der Waals surface area contributed by atoms with Crippen molar-refractivity contribution in [1.29, 1.82) is 0 Å². The lowest BCUT2D eigenvalue weighted by Crippen LogP contribution is -2.46. The van der Waals surface area contributed by atoms with Crippen LogP contribution in [0.25, 0.3) is 22.3 Å². The van der Waals surface area contributed by atoms with Crippen molar-refractivity contribution in [2.24, 2.45) is 7.05 Å². The summed E-state index contributed by atoms with van der Waals surface area (Å²) in [6, 6.07) is 0. The molecule has 30 heteroatoms. The highest BCUT2D eigenvalue weighted by molar-refractivity contribution is 7.66. The third kappa shape index (κ3) is 7.99. The fourth-order valence-electron chi connectivity index (χ4n) is 6.08. The minimum Gasteiger partial charge on any atom is -0.386 e. The van der Waals surface area contributed by atoms with Gasteiger partial charge in [0.2, 0.25) is 11.7 Å². The number of aryl methyl sites for hydroxylation is 2. The number of phosphoric ester groups is 2. The molecule has 9 N–H and O–H groups in total. The number of nitrogens with zero attached hydrogens (tertiary/aromatic N) is 6. The van der Waals surface area contributed by atoms with Crippen LogP contribution >= 0.6 is 23.5 Å². The van der Waals surface area contributed by atoms with Gasteiger partial charge in [0.1, 0.15) is 42.4 Å². The number of imidazole rings is 2. The van der Waals surface area contributed by atoms with Gasteiger partial charge in [-0.25, -0.2) is 28.2 Å². The van der Waals surface area contributed by atoms with Gasteiger partial charge < -0.3 is 54.6 Å². The molecule has 6 rings (SSSR count). The highest BCUT2D eigenvalue weighted by atomic mass is 31.3. The Kier molecular flexibility index (Phi) is 11.2. The fourth-order valence-corrected chi connectivity index (χ4v) is 9.61. The molecule has 2 saturated heterocycles. The Labute approximate surface area is 301 Å². The minimum absolute atomic E-state index is 0.00891. The Bertz CT molecular complexity index is 2310. The highest BCUT2D eigenvalue weighted by Crippen LogP contribution is 2.67. The summed E-state index contributed by atoms with van der Waals surface area (Å²) in [5.74, 6) is -0.00418. The third-order valence-corrected chi connectivity index (χ3v) is 12.5. The normalized spacial score (nSPS) is 29.4. The van der Waals surface area contributed by atoms with E-state index in [0.717, 1.165) is 0 Å². The van der Waals surface area contributed by atoms with E-state index in [1.54, 1.807) is 0 Å². The zero-order valence-electron chi connectivity index (χ0n) is 28.3. The molecule has 2 aliphatic heterocycles. The molecule has 0 saturated carbocycles. The molecular weight excluding hydrogens is 795 g/mol. The average molecular weight is 831 g/mol. The first-order valence-electron chi connectivity index (χ1n) is 15.4. The highest BCUT2D eigenvalue weighted by Gasteiger charge is 2.51. The number of aliphatic hydroxyl groups excluding tert-OH is 2. The van der Waals surface area contributed by atoms with Crippen molar-refractivity contribution in [2.75, 3.05) is 33.2 Å². The van der Waals surface area contributed by atoms with Gasteiger partial charge in [-0.05, 0) is 6.92 Å². The Morgan fingerprint density at radius 1 is 0.907 bits per heavy atom. The fraction of sp³-hybridized carbons (Fsp3) is 0.583. The maximum Gasteiger partial charge on any atom is 0.490 e. The molecule has 0 aliphatic carbocycles. The number of phosphoric acid groups is 3. The zero-order chi connectivity index (χ0) is 39.5. The minimum atomic E-state index is -5.94. The molecule has 4 aromatic rings. The predicted molar refractivity (Wildman–Crippen MR) is 174 cm³/mol. The second-order valence-electron chi connectivity index (χ2n) is 11.9.